The number of aromatic nitrogens is 1. The highest BCUT2D eigenvalue weighted by Crippen LogP contribution is 2.19. The molecule has 1 amide bonds. The van der Waals surface area contributed by atoms with Crippen LogP contribution in [0.3, 0.4) is 0 Å². The van der Waals surface area contributed by atoms with Crippen LogP contribution in [0, 0.1) is 11.3 Å². The average Bonchev–Trinajstić information content (AvgIpc) is 2.77. The number of nitriles is 1. The molecule has 1 aromatic heterocycles. The number of rotatable bonds is 6. The van der Waals surface area contributed by atoms with Crippen LogP contribution in [0.25, 0.3) is 0 Å². The number of pyridine rings is 1. The number of methoxy groups -OCH3 is 1. The van der Waals surface area contributed by atoms with Crippen LogP contribution in [0.5, 0.6) is 5.75 Å². The maximum absolute atomic E-state index is 12.6. The molecule has 1 aliphatic heterocycles. The molecular weight excluding hydrogens is 354 g/mol. The van der Waals surface area contributed by atoms with Gasteiger partial charge in [-0.15, -0.1) is 0 Å². The van der Waals surface area contributed by atoms with E-state index >= 15 is 0 Å². The molecule has 1 atom stereocenters. The Labute approximate surface area is 165 Å². The Kier molecular flexibility index (Phi) is 6.45. The van der Waals surface area contributed by atoms with Gasteiger partial charge in [0.15, 0.2) is 0 Å². The summed E-state index contributed by atoms with van der Waals surface area (Å²) in [5.41, 5.74) is 1.59. The van der Waals surface area contributed by atoms with Gasteiger partial charge in [0.05, 0.1) is 18.7 Å². The van der Waals surface area contributed by atoms with Gasteiger partial charge >= 0.3 is 0 Å². The van der Waals surface area contributed by atoms with Crippen molar-refractivity contribution in [1.29, 1.82) is 5.26 Å². The Morgan fingerprint density at radius 3 is 2.79 bits per heavy atom. The number of anilines is 1. The fourth-order valence-electron chi connectivity index (χ4n) is 3.34. The standard InChI is InChI=1S/C21H25N5O2/c1-16(21(27)24-15-17-5-3-7-19(13-17)28-2)25-9-11-26(12-10-25)20-18(14-22)6-4-8-23-20/h3-8,13,16H,9-12,15H2,1-2H3,(H,24,27). The molecule has 3 rings (SSSR count). The van der Waals surface area contributed by atoms with E-state index in [1.165, 1.54) is 0 Å². The van der Waals surface area contributed by atoms with E-state index in [1.54, 1.807) is 25.4 Å². The minimum absolute atomic E-state index is 0.00631. The average molecular weight is 379 g/mol. The number of carbonyl (C=O) groups excluding carboxylic acids is 1. The summed E-state index contributed by atoms with van der Waals surface area (Å²) in [4.78, 5) is 21.2. The third-order valence-corrected chi connectivity index (χ3v) is 5.05. The number of nitrogens with zero attached hydrogens (tertiary/aromatic N) is 4. The number of nitrogens with one attached hydrogen (secondary N) is 1. The predicted octanol–water partition coefficient (Wildman–Crippen LogP) is 1.79. The van der Waals surface area contributed by atoms with Crippen LogP contribution < -0.4 is 15.0 Å². The van der Waals surface area contributed by atoms with Gasteiger partial charge in [-0.3, -0.25) is 9.69 Å². The number of benzene rings is 1. The molecule has 0 aliphatic carbocycles. The summed E-state index contributed by atoms with van der Waals surface area (Å²) in [7, 11) is 1.63. The summed E-state index contributed by atoms with van der Waals surface area (Å²) < 4.78 is 5.22. The molecule has 0 spiro atoms. The van der Waals surface area contributed by atoms with Crippen molar-refractivity contribution in [2.45, 2.75) is 19.5 Å². The molecular formula is C21H25N5O2. The SMILES string of the molecule is COc1cccc(CNC(=O)C(C)N2CCN(c3ncccc3C#N)CC2)c1. The third kappa shape index (κ3) is 4.59. The van der Waals surface area contributed by atoms with Crippen molar-refractivity contribution in [3.05, 3.63) is 53.7 Å². The Bertz CT molecular complexity index is 856. The summed E-state index contributed by atoms with van der Waals surface area (Å²) in [6.45, 7) is 5.36. The third-order valence-electron chi connectivity index (χ3n) is 5.05. The Morgan fingerprint density at radius 1 is 1.29 bits per heavy atom. The number of carbonyl (C=O) groups is 1. The summed E-state index contributed by atoms with van der Waals surface area (Å²) in [5, 5.41) is 12.3. The molecule has 0 radical (unpaired) electrons. The maximum Gasteiger partial charge on any atom is 0.237 e. The summed E-state index contributed by atoms with van der Waals surface area (Å²) in [5.74, 6) is 1.51. The smallest absolute Gasteiger partial charge is 0.237 e. The monoisotopic (exact) mass is 379 g/mol. The second kappa shape index (κ2) is 9.20. The number of ether oxygens (including phenoxy) is 1. The normalized spacial score (nSPS) is 15.5. The molecule has 7 heteroatoms. The largest absolute Gasteiger partial charge is 0.497 e. The van der Waals surface area contributed by atoms with Gasteiger partial charge in [0.1, 0.15) is 17.6 Å². The highest BCUT2D eigenvalue weighted by Gasteiger charge is 2.26. The lowest BCUT2D eigenvalue weighted by molar-refractivity contribution is -0.126. The van der Waals surface area contributed by atoms with E-state index in [-0.39, 0.29) is 11.9 Å². The lowest BCUT2D eigenvalue weighted by atomic mass is 10.1. The molecule has 1 fully saturated rings. The summed E-state index contributed by atoms with van der Waals surface area (Å²) >= 11 is 0. The first-order valence-electron chi connectivity index (χ1n) is 9.37. The van der Waals surface area contributed by atoms with Crippen molar-refractivity contribution in [3.8, 4) is 11.8 Å². The maximum atomic E-state index is 12.6. The van der Waals surface area contributed by atoms with Crippen LogP contribution >= 0.6 is 0 Å². The zero-order valence-corrected chi connectivity index (χ0v) is 16.3. The van der Waals surface area contributed by atoms with E-state index in [0.717, 1.165) is 43.3 Å². The minimum Gasteiger partial charge on any atom is -0.497 e. The first-order valence-corrected chi connectivity index (χ1v) is 9.37. The molecule has 2 heterocycles. The quantitative estimate of drug-likeness (QED) is 0.824. The number of hydrogen-bond donors (Lipinski definition) is 1. The molecule has 146 valence electrons. The van der Waals surface area contributed by atoms with Crippen LogP contribution in [-0.4, -0.2) is 55.1 Å². The Balaban J connectivity index is 1.52. The highest BCUT2D eigenvalue weighted by atomic mass is 16.5. The van der Waals surface area contributed by atoms with Crippen LogP contribution in [0.4, 0.5) is 5.82 Å². The lowest BCUT2D eigenvalue weighted by Crippen LogP contribution is -2.54. The Morgan fingerprint density at radius 2 is 2.07 bits per heavy atom. The van der Waals surface area contributed by atoms with E-state index in [4.69, 9.17) is 4.74 Å². The topological polar surface area (TPSA) is 81.5 Å². The van der Waals surface area contributed by atoms with Gasteiger partial charge in [0.25, 0.3) is 0 Å². The van der Waals surface area contributed by atoms with Gasteiger partial charge in [-0.25, -0.2) is 4.98 Å². The van der Waals surface area contributed by atoms with E-state index in [0.29, 0.717) is 12.1 Å². The van der Waals surface area contributed by atoms with Crippen molar-refractivity contribution >= 4 is 11.7 Å². The summed E-state index contributed by atoms with van der Waals surface area (Å²) in [6, 6.07) is 13.2. The number of amides is 1. The second-order valence-electron chi connectivity index (χ2n) is 6.75. The van der Waals surface area contributed by atoms with Crippen LogP contribution in [0.1, 0.15) is 18.1 Å². The minimum atomic E-state index is -0.216. The van der Waals surface area contributed by atoms with Gasteiger partial charge in [-0.2, -0.15) is 5.26 Å². The molecule has 7 nitrogen and oxygen atoms in total. The van der Waals surface area contributed by atoms with E-state index in [1.807, 2.05) is 31.2 Å². The molecule has 1 aromatic carbocycles. The molecule has 28 heavy (non-hydrogen) atoms. The number of piperazine rings is 1. The second-order valence-corrected chi connectivity index (χ2v) is 6.75. The van der Waals surface area contributed by atoms with E-state index in [2.05, 4.69) is 26.2 Å². The zero-order valence-electron chi connectivity index (χ0n) is 16.3. The van der Waals surface area contributed by atoms with Crippen molar-refractivity contribution in [2.24, 2.45) is 0 Å². The van der Waals surface area contributed by atoms with E-state index < -0.39 is 0 Å². The van der Waals surface area contributed by atoms with Crippen LogP contribution in [0.2, 0.25) is 0 Å². The van der Waals surface area contributed by atoms with Crippen molar-refractivity contribution < 1.29 is 9.53 Å². The van der Waals surface area contributed by atoms with Gasteiger partial charge < -0.3 is 15.0 Å². The van der Waals surface area contributed by atoms with Gasteiger partial charge in [-0.1, -0.05) is 12.1 Å². The van der Waals surface area contributed by atoms with Crippen molar-refractivity contribution in [2.75, 3.05) is 38.2 Å². The fraction of sp³-hybridized carbons (Fsp3) is 0.381. The molecule has 1 unspecified atom stereocenters. The Hall–Kier alpha value is -3.11. The first-order chi connectivity index (χ1) is 13.6. The molecule has 0 saturated carbocycles. The lowest BCUT2D eigenvalue weighted by Gasteiger charge is -2.38. The van der Waals surface area contributed by atoms with Crippen molar-refractivity contribution in [1.82, 2.24) is 15.2 Å². The molecule has 1 saturated heterocycles. The molecule has 0 bridgehead atoms. The summed E-state index contributed by atoms with van der Waals surface area (Å²) in [6.07, 6.45) is 1.71. The molecule has 1 aliphatic rings. The van der Waals surface area contributed by atoms with Gasteiger partial charge in [0.2, 0.25) is 5.91 Å². The van der Waals surface area contributed by atoms with E-state index in [9.17, 15) is 10.1 Å². The highest BCUT2D eigenvalue weighted by molar-refractivity contribution is 5.81. The van der Waals surface area contributed by atoms with Crippen LogP contribution in [-0.2, 0) is 11.3 Å². The number of hydrogen-bond acceptors (Lipinski definition) is 6. The molecule has 2 aromatic rings. The molecule has 1 N–H and O–H groups in total. The van der Waals surface area contributed by atoms with Gasteiger partial charge in [0, 0.05) is 38.9 Å². The predicted molar refractivity (Wildman–Crippen MR) is 107 cm³/mol. The van der Waals surface area contributed by atoms with Crippen molar-refractivity contribution in [3.63, 3.8) is 0 Å². The van der Waals surface area contributed by atoms with Gasteiger partial charge in [-0.05, 0) is 36.8 Å². The van der Waals surface area contributed by atoms with Crippen LogP contribution in [0.15, 0.2) is 42.6 Å². The fourth-order valence-corrected chi connectivity index (χ4v) is 3.34. The zero-order chi connectivity index (χ0) is 19.9. The first kappa shape index (κ1) is 19.6.